The number of aliphatic hydroxyl groups is 1. The van der Waals surface area contributed by atoms with Crippen molar-refractivity contribution in [3.63, 3.8) is 0 Å². The average molecular weight is 342 g/mol. The van der Waals surface area contributed by atoms with Crippen molar-refractivity contribution in [1.82, 2.24) is 0 Å². The van der Waals surface area contributed by atoms with Crippen molar-refractivity contribution in [3.05, 3.63) is 54.1 Å². The van der Waals surface area contributed by atoms with Gasteiger partial charge in [0.15, 0.2) is 0 Å². The molecule has 0 amide bonds. The normalized spacial score (nSPS) is 12.7. The van der Waals surface area contributed by atoms with Gasteiger partial charge >= 0.3 is 0 Å². The van der Waals surface area contributed by atoms with Gasteiger partial charge in [0.2, 0.25) is 0 Å². The van der Waals surface area contributed by atoms with Crippen LogP contribution in [0.4, 0.5) is 0 Å². The maximum Gasteiger partial charge on any atom is 0.100 e. The van der Waals surface area contributed by atoms with Crippen molar-refractivity contribution in [2.24, 2.45) is 0 Å². The molecule has 96 valence electrons. The molecule has 2 aromatic rings. The van der Waals surface area contributed by atoms with Crippen molar-refractivity contribution in [2.75, 3.05) is 0 Å². The van der Waals surface area contributed by atoms with Crippen LogP contribution in [0.1, 0.15) is 17.2 Å². The standard InChI is InChI=1S/C12H8Cl4OS/c13-8-2-1-3-9(14)6(8)4-10(17)7-5-11(15)18-12(7)16/h1-3,5,10,17H,4H2. The van der Waals surface area contributed by atoms with Crippen LogP contribution in [0.3, 0.4) is 0 Å². The minimum Gasteiger partial charge on any atom is -0.388 e. The van der Waals surface area contributed by atoms with Crippen molar-refractivity contribution < 1.29 is 5.11 Å². The highest BCUT2D eigenvalue weighted by atomic mass is 35.5. The van der Waals surface area contributed by atoms with E-state index >= 15 is 0 Å². The number of benzene rings is 1. The summed E-state index contributed by atoms with van der Waals surface area (Å²) in [7, 11) is 0. The van der Waals surface area contributed by atoms with Gasteiger partial charge in [-0.25, -0.2) is 0 Å². The molecule has 6 heteroatoms. The first-order valence-electron chi connectivity index (χ1n) is 5.04. The highest BCUT2D eigenvalue weighted by Gasteiger charge is 2.18. The van der Waals surface area contributed by atoms with Gasteiger partial charge < -0.3 is 5.11 Å². The SMILES string of the molecule is OC(Cc1c(Cl)cccc1Cl)c1cc(Cl)sc1Cl. The van der Waals surface area contributed by atoms with Crippen LogP contribution in [0.25, 0.3) is 0 Å². The Kier molecular flexibility index (Phi) is 4.81. The first kappa shape index (κ1) is 14.4. The summed E-state index contributed by atoms with van der Waals surface area (Å²) in [6, 6.07) is 6.88. The molecular weight excluding hydrogens is 334 g/mol. The smallest absolute Gasteiger partial charge is 0.100 e. The van der Waals surface area contributed by atoms with E-state index < -0.39 is 6.10 Å². The van der Waals surface area contributed by atoms with E-state index in [0.717, 1.165) is 0 Å². The highest BCUT2D eigenvalue weighted by molar-refractivity contribution is 7.20. The lowest BCUT2D eigenvalue weighted by atomic mass is 10.0. The van der Waals surface area contributed by atoms with E-state index in [9.17, 15) is 5.11 Å². The zero-order valence-electron chi connectivity index (χ0n) is 8.96. The molecule has 0 saturated heterocycles. The minimum atomic E-state index is -0.779. The van der Waals surface area contributed by atoms with Gasteiger partial charge in [0, 0.05) is 22.0 Å². The molecule has 0 aliphatic carbocycles. The summed E-state index contributed by atoms with van der Waals surface area (Å²) in [5.41, 5.74) is 1.30. The second kappa shape index (κ2) is 6.00. The molecule has 1 atom stereocenters. The van der Waals surface area contributed by atoms with Crippen LogP contribution in [-0.4, -0.2) is 5.11 Å². The van der Waals surface area contributed by atoms with Crippen molar-refractivity contribution in [1.29, 1.82) is 0 Å². The molecule has 1 aromatic carbocycles. The molecule has 0 saturated carbocycles. The van der Waals surface area contributed by atoms with Gasteiger partial charge in [0.25, 0.3) is 0 Å². The van der Waals surface area contributed by atoms with Gasteiger partial charge in [-0.1, -0.05) is 52.5 Å². The van der Waals surface area contributed by atoms with Gasteiger partial charge in [0.05, 0.1) is 10.4 Å². The number of hydrogen-bond acceptors (Lipinski definition) is 2. The topological polar surface area (TPSA) is 20.2 Å². The van der Waals surface area contributed by atoms with Gasteiger partial charge in [0.1, 0.15) is 4.34 Å². The first-order chi connectivity index (χ1) is 8.49. The lowest BCUT2D eigenvalue weighted by Crippen LogP contribution is -2.02. The predicted molar refractivity (Wildman–Crippen MR) is 79.5 cm³/mol. The number of hydrogen-bond donors (Lipinski definition) is 1. The third-order valence-corrected chi connectivity index (χ3v) is 4.73. The molecule has 0 aliphatic heterocycles. The van der Waals surface area contributed by atoms with Crippen LogP contribution in [0.15, 0.2) is 24.3 Å². The highest BCUT2D eigenvalue weighted by Crippen LogP contribution is 2.37. The average Bonchev–Trinajstić information content (AvgIpc) is 2.63. The maximum absolute atomic E-state index is 10.2. The molecule has 0 fully saturated rings. The minimum absolute atomic E-state index is 0.297. The van der Waals surface area contributed by atoms with Crippen LogP contribution >= 0.6 is 57.7 Å². The molecule has 2 rings (SSSR count). The molecule has 0 aliphatic rings. The van der Waals surface area contributed by atoms with Crippen LogP contribution in [0.2, 0.25) is 18.7 Å². The molecule has 18 heavy (non-hydrogen) atoms. The Balaban J connectivity index is 2.26. The van der Waals surface area contributed by atoms with Gasteiger partial charge in [-0.2, -0.15) is 0 Å². The van der Waals surface area contributed by atoms with E-state index in [1.165, 1.54) is 11.3 Å². The van der Waals surface area contributed by atoms with E-state index in [1.54, 1.807) is 24.3 Å². The fourth-order valence-corrected chi connectivity index (χ4v) is 3.73. The number of thiophene rings is 1. The number of halogens is 4. The first-order valence-corrected chi connectivity index (χ1v) is 7.37. The molecular formula is C12H8Cl4OS. The number of rotatable bonds is 3. The van der Waals surface area contributed by atoms with Crippen molar-refractivity contribution >= 4 is 57.7 Å². The van der Waals surface area contributed by atoms with Crippen LogP contribution in [0.5, 0.6) is 0 Å². The van der Waals surface area contributed by atoms with Crippen LogP contribution in [0, 0.1) is 0 Å². The van der Waals surface area contributed by atoms with E-state index in [4.69, 9.17) is 46.4 Å². The molecule has 1 N–H and O–H groups in total. The maximum atomic E-state index is 10.2. The zero-order chi connectivity index (χ0) is 13.3. The Morgan fingerprint density at radius 3 is 2.22 bits per heavy atom. The quantitative estimate of drug-likeness (QED) is 0.766. The molecule has 0 bridgehead atoms. The second-order valence-corrected chi connectivity index (χ2v) is 6.80. The van der Waals surface area contributed by atoms with E-state index in [0.29, 0.717) is 36.3 Å². The fraction of sp³-hybridized carbons (Fsp3) is 0.167. The summed E-state index contributed by atoms with van der Waals surface area (Å²) >= 11 is 25.2. The zero-order valence-corrected chi connectivity index (χ0v) is 12.8. The van der Waals surface area contributed by atoms with Crippen LogP contribution in [-0.2, 0) is 6.42 Å². The molecule has 1 heterocycles. The third-order valence-electron chi connectivity index (χ3n) is 2.50. The molecule has 1 nitrogen and oxygen atoms in total. The summed E-state index contributed by atoms with van der Waals surface area (Å²) in [5.74, 6) is 0. The van der Waals surface area contributed by atoms with E-state index in [-0.39, 0.29) is 0 Å². The number of aliphatic hydroxyl groups excluding tert-OH is 1. The van der Waals surface area contributed by atoms with E-state index in [2.05, 4.69) is 0 Å². The fourth-order valence-electron chi connectivity index (χ4n) is 1.61. The summed E-state index contributed by atoms with van der Waals surface area (Å²) in [6.07, 6.45) is -0.482. The van der Waals surface area contributed by atoms with Gasteiger partial charge in [-0.15, -0.1) is 11.3 Å². The third kappa shape index (κ3) is 3.13. The van der Waals surface area contributed by atoms with E-state index in [1.807, 2.05) is 0 Å². The Morgan fingerprint density at radius 2 is 1.72 bits per heavy atom. The molecule has 1 unspecified atom stereocenters. The Bertz CT molecular complexity index is 547. The molecule has 1 aromatic heterocycles. The Morgan fingerprint density at radius 1 is 1.11 bits per heavy atom. The summed E-state index contributed by atoms with van der Waals surface area (Å²) in [4.78, 5) is 0. The van der Waals surface area contributed by atoms with Crippen molar-refractivity contribution in [2.45, 2.75) is 12.5 Å². The summed E-state index contributed by atoms with van der Waals surface area (Å²) < 4.78 is 1.02. The Hall–Kier alpha value is 0.0400. The monoisotopic (exact) mass is 340 g/mol. The lowest BCUT2D eigenvalue weighted by molar-refractivity contribution is 0.179. The predicted octanol–water partition coefficient (Wildman–Crippen LogP) is 5.64. The summed E-state index contributed by atoms with van der Waals surface area (Å²) in [6.45, 7) is 0. The summed E-state index contributed by atoms with van der Waals surface area (Å²) in [5, 5.41) is 11.2. The Labute approximate surface area is 129 Å². The largest absolute Gasteiger partial charge is 0.388 e. The molecule has 0 radical (unpaired) electrons. The second-order valence-electron chi connectivity index (χ2n) is 3.70. The van der Waals surface area contributed by atoms with Gasteiger partial charge in [-0.3, -0.25) is 0 Å². The van der Waals surface area contributed by atoms with Gasteiger partial charge in [-0.05, 0) is 23.8 Å². The lowest BCUT2D eigenvalue weighted by Gasteiger charge is -2.12. The van der Waals surface area contributed by atoms with Crippen molar-refractivity contribution in [3.8, 4) is 0 Å². The van der Waals surface area contributed by atoms with Crippen LogP contribution < -0.4 is 0 Å². The molecule has 0 spiro atoms.